The van der Waals surface area contributed by atoms with Crippen LogP contribution in [0.25, 0.3) is 0 Å². The van der Waals surface area contributed by atoms with Crippen LogP contribution in [0.1, 0.15) is 36.5 Å². The zero-order chi connectivity index (χ0) is 21.3. The number of rotatable bonds is 8. The summed E-state index contributed by atoms with van der Waals surface area (Å²) in [6, 6.07) is 8.26. The van der Waals surface area contributed by atoms with Gasteiger partial charge in [0.15, 0.2) is 18.1 Å². The van der Waals surface area contributed by atoms with Gasteiger partial charge in [-0.25, -0.2) is 4.98 Å². The molecule has 2 heterocycles. The maximum atomic E-state index is 12.6. The third-order valence-corrected chi connectivity index (χ3v) is 4.77. The zero-order valence-corrected chi connectivity index (χ0v) is 17.3. The third kappa shape index (κ3) is 5.62. The number of carbonyl (C=O) groups excluding carboxylic acids is 2. The minimum absolute atomic E-state index is 0.0361. The second-order valence-corrected chi connectivity index (χ2v) is 6.87. The molecular weight excluding hydrogens is 386 g/mol. The summed E-state index contributed by atoms with van der Waals surface area (Å²) in [7, 11) is 1.53. The standard InChI is InChI=1S/C22H27N3O5/c1-3-29-19-13-16(22(27)24-17-8-10-20(28-2)23-14-17)7-9-18(19)30-15-21(26)25-11-5-4-6-12-25/h7-10,13-14H,3-6,11-12,15H2,1-2H3,(H,24,27). The average Bonchev–Trinajstić information content (AvgIpc) is 2.79. The van der Waals surface area contributed by atoms with Crippen LogP contribution in [0.3, 0.4) is 0 Å². The molecule has 1 aromatic heterocycles. The topological polar surface area (TPSA) is 90.0 Å². The van der Waals surface area contributed by atoms with E-state index in [9.17, 15) is 9.59 Å². The number of nitrogens with one attached hydrogen (secondary N) is 1. The number of hydrogen-bond acceptors (Lipinski definition) is 6. The number of carbonyl (C=O) groups is 2. The highest BCUT2D eigenvalue weighted by Crippen LogP contribution is 2.29. The Labute approximate surface area is 176 Å². The number of nitrogens with zero attached hydrogens (tertiary/aromatic N) is 2. The molecule has 0 aliphatic carbocycles. The van der Waals surface area contributed by atoms with Crippen LogP contribution in [0, 0.1) is 0 Å². The minimum atomic E-state index is -0.307. The quantitative estimate of drug-likeness (QED) is 0.715. The van der Waals surface area contributed by atoms with E-state index >= 15 is 0 Å². The van der Waals surface area contributed by atoms with Crippen LogP contribution in [0.2, 0.25) is 0 Å². The molecule has 1 N–H and O–H groups in total. The molecule has 2 amide bonds. The predicted molar refractivity (Wildman–Crippen MR) is 112 cm³/mol. The molecule has 0 radical (unpaired) electrons. The number of ether oxygens (including phenoxy) is 3. The normalized spacial score (nSPS) is 13.5. The molecule has 1 aliphatic rings. The highest BCUT2D eigenvalue weighted by atomic mass is 16.5. The Kier molecular flexibility index (Phi) is 7.48. The van der Waals surface area contributed by atoms with Crippen molar-refractivity contribution in [2.75, 3.05) is 38.7 Å². The highest BCUT2D eigenvalue weighted by Gasteiger charge is 2.18. The molecule has 160 valence electrons. The molecule has 3 rings (SSSR count). The van der Waals surface area contributed by atoms with Gasteiger partial charge in [0.1, 0.15) is 0 Å². The number of likely N-dealkylation sites (tertiary alicyclic amines) is 1. The van der Waals surface area contributed by atoms with Gasteiger partial charge in [0.25, 0.3) is 11.8 Å². The van der Waals surface area contributed by atoms with Gasteiger partial charge in [-0.15, -0.1) is 0 Å². The van der Waals surface area contributed by atoms with Gasteiger partial charge in [-0.1, -0.05) is 0 Å². The number of anilines is 1. The van der Waals surface area contributed by atoms with Crippen molar-refractivity contribution in [3.63, 3.8) is 0 Å². The van der Waals surface area contributed by atoms with Crippen LogP contribution >= 0.6 is 0 Å². The van der Waals surface area contributed by atoms with Gasteiger partial charge >= 0.3 is 0 Å². The molecule has 8 nitrogen and oxygen atoms in total. The smallest absolute Gasteiger partial charge is 0.260 e. The Morgan fingerprint density at radius 2 is 1.87 bits per heavy atom. The summed E-state index contributed by atoms with van der Waals surface area (Å²) in [4.78, 5) is 30.8. The first-order chi connectivity index (χ1) is 14.6. The number of methoxy groups -OCH3 is 1. The van der Waals surface area contributed by atoms with Gasteiger partial charge in [-0.05, 0) is 50.5 Å². The summed E-state index contributed by atoms with van der Waals surface area (Å²) in [5.41, 5.74) is 0.954. The summed E-state index contributed by atoms with van der Waals surface area (Å²) < 4.78 is 16.4. The SMILES string of the molecule is CCOc1cc(C(=O)Nc2ccc(OC)nc2)ccc1OCC(=O)N1CCCCC1. The fourth-order valence-electron chi connectivity index (χ4n) is 3.19. The molecule has 0 saturated carbocycles. The molecule has 8 heteroatoms. The predicted octanol–water partition coefficient (Wildman–Crippen LogP) is 3.13. The maximum Gasteiger partial charge on any atom is 0.260 e. The van der Waals surface area contributed by atoms with Crippen molar-refractivity contribution in [1.82, 2.24) is 9.88 Å². The number of benzene rings is 1. The Balaban J connectivity index is 1.65. The molecule has 1 fully saturated rings. The summed E-state index contributed by atoms with van der Waals surface area (Å²) in [6.45, 7) is 3.76. The lowest BCUT2D eigenvalue weighted by atomic mass is 10.1. The van der Waals surface area contributed by atoms with E-state index in [0.717, 1.165) is 32.4 Å². The van der Waals surface area contributed by atoms with Crippen molar-refractivity contribution in [3.8, 4) is 17.4 Å². The second kappa shape index (κ2) is 10.5. The van der Waals surface area contributed by atoms with Crippen LogP contribution < -0.4 is 19.5 Å². The van der Waals surface area contributed by atoms with E-state index in [2.05, 4.69) is 10.3 Å². The second-order valence-electron chi connectivity index (χ2n) is 6.87. The van der Waals surface area contributed by atoms with E-state index in [4.69, 9.17) is 14.2 Å². The fourth-order valence-corrected chi connectivity index (χ4v) is 3.19. The van der Waals surface area contributed by atoms with Crippen LogP contribution in [-0.2, 0) is 4.79 Å². The number of pyridine rings is 1. The first kappa shape index (κ1) is 21.4. The van der Waals surface area contributed by atoms with Crippen LogP contribution in [0.15, 0.2) is 36.5 Å². The lowest BCUT2D eigenvalue weighted by Gasteiger charge is -2.26. The van der Waals surface area contributed by atoms with Gasteiger partial charge < -0.3 is 24.4 Å². The van der Waals surface area contributed by atoms with Crippen LogP contribution in [-0.4, -0.2) is 55.1 Å². The molecular formula is C22H27N3O5. The molecule has 1 aromatic carbocycles. The molecule has 1 aliphatic heterocycles. The van der Waals surface area contributed by atoms with Gasteiger partial charge in [0.05, 0.1) is 25.6 Å². The Hall–Kier alpha value is -3.29. The molecule has 0 atom stereocenters. The lowest BCUT2D eigenvalue weighted by molar-refractivity contribution is -0.134. The van der Waals surface area contributed by atoms with Gasteiger partial charge in [-0.2, -0.15) is 0 Å². The van der Waals surface area contributed by atoms with Crippen LogP contribution in [0.4, 0.5) is 5.69 Å². The first-order valence-corrected chi connectivity index (χ1v) is 10.1. The summed E-state index contributed by atoms with van der Waals surface area (Å²) in [5, 5.41) is 2.78. The van der Waals surface area contributed by atoms with Crippen molar-refractivity contribution in [1.29, 1.82) is 0 Å². The van der Waals surface area contributed by atoms with Gasteiger partial charge in [0.2, 0.25) is 5.88 Å². The van der Waals surface area contributed by atoms with E-state index in [0.29, 0.717) is 35.2 Å². The molecule has 30 heavy (non-hydrogen) atoms. The number of amides is 2. The van der Waals surface area contributed by atoms with E-state index in [1.54, 1.807) is 30.3 Å². The van der Waals surface area contributed by atoms with Crippen molar-refractivity contribution in [2.45, 2.75) is 26.2 Å². The molecule has 0 unspecified atom stereocenters. The summed E-state index contributed by atoms with van der Waals surface area (Å²) >= 11 is 0. The summed E-state index contributed by atoms with van der Waals surface area (Å²) in [6.07, 6.45) is 4.74. The van der Waals surface area contributed by atoms with Crippen molar-refractivity contribution < 1.29 is 23.8 Å². The minimum Gasteiger partial charge on any atom is -0.490 e. The molecule has 2 aromatic rings. The zero-order valence-electron chi connectivity index (χ0n) is 17.3. The number of piperidine rings is 1. The number of aromatic nitrogens is 1. The Bertz CT molecular complexity index is 864. The summed E-state index contributed by atoms with van der Waals surface area (Å²) in [5.74, 6) is 0.978. The van der Waals surface area contributed by atoms with E-state index < -0.39 is 0 Å². The van der Waals surface area contributed by atoms with Crippen molar-refractivity contribution >= 4 is 17.5 Å². The first-order valence-electron chi connectivity index (χ1n) is 10.1. The maximum absolute atomic E-state index is 12.6. The monoisotopic (exact) mass is 413 g/mol. The van der Waals surface area contributed by atoms with Gasteiger partial charge in [-0.3, -0.25) is 9.59 Å². The Morgan fingerprint density at radius 1 is 1.07 bits per heavy atom. The highest BCUT2D eigenvalue weighted by molar-refractivity contribution is 6.04. The molecule has 0 bridgehead atoms. The molecule has 0 spiro atoms. The van der Waals surface area contributed by atoms with E-state index in [1.165, 1.54) is 13.3 Å². The largest absolute Gasteiger partial charge is 0.490 e. The Morgan fingerprint density at radius 3 is 2.53 bits per heavy atom. The lowest BCUT2D eigenvalue weighted by Crippen LogP contribution is -2.38. The van der Waals surface area contributed by atoms with Crippen molar-refractivity contribution in [2.24, 2.45) is 0 Å². The van der Waals surface area contributed by atoms with Gasteiger partial charge in [0, 0.05) is 24.7 Å². The third-order valence-electron chi connectivity index (χ3n) is 4.77. The van der Waals surface area contributed by atoms with Crippen LogP contribution in [0.5, 0.6) is 17.4 Å². The fraction of sp³-hybridized carbons (Fsp3) is 0.409. The number of hydrogen-bond donors (Lipinski definition) is 1. The van der Waals surface area contributed by atoms with E-state index in [1.807, 2.05) is 11.8 Å². The average molecular weight is 413 g/mol. The van der Waals surface area contributed by atoms with Crippen molar-refractivity contribution in [3.05, 3.63) is 42.1 Å². The van der Waals surface area contributed by atoms with E-state index in [-0.39, 0.29) is 18.4 Å². The molecule has 1 saturated heterocycles.